The highest BCUT2D eigenvalue weighted by Crippen LogP contribution is 2.11. The van der Waals surface area contributed by atoms with E-state index in [9.17, 15) is 4.79 Å². The van der Waals surface area contributed by atoms with Gasteiger partial charge in [0.2, 0.25) is 5.91 Å². The van der Waals surface area contributed by atoms with Crippen molar-refractivity contribution in [3.63, 3.8) is 0 Å². The van der Waals surface area contributed by atoms with Gasteiger partial charge in [-0.1, -0.05) is 29.8 Å². The van der Waals surface area contributed by atoms with Gasteiger partial charge in [-0.3, -0.25) is 4.79 Å². The molecule has 1 rings (SSSR count). The maximum atomic E-state index is 11.4. The summed E-state index contributed by atoms with van der Waals surface area (Å²) < 4.78 is 0. The van der Waals surface area contributed by atoms with E-state index in [0.717, 1.165) is 16.7 Å². The van der Waals surface area contributed by atoms with Crippen molar-refractivity contribution >= 4 is 5.91 Å². The first kappa shape index (κ1) is 13.5. The number of carbonyl (C=O) groups is 1. The molecule has 1 unspecified atom stereocenters. The number of nitrogens with two attached hydrogens (primary N) is 1. The molecule has 0 spiro atoms. The molecule has 0 radical (unpaired) electrons. The molecule has 1 amide bonds. The molecule has 0 heterocycles. The highest BCUT2D eigenvalue weighted by Gasteiger charge is 2.01. The topological polar surface area (TPSA) is 55.1 Å². The molecule has 17 heavy (non-hydrogen) atoms. The molecular weight excluding hydrogens is 212 g/mol. The van der Waals surface area contributed by atoms with Crippen LogP contribution in [0.15, 0.2) is 35.9 Å². The van der Waals surface area contributed by atoms with Crippen molar-refractivity contribution in [1.82, 2.24) is 5.32 Å². The van der Waals surface area contributed by atoms with Crippen molar-refractivity contribution in [3.05, 3.63) is 47.0 Å². The van der Waals surface area contributed by atoms with Crippen molar-refractivity contribution in [2.24, 2.45) is 5.73 Å². The summed E-state index contributed by atoms with van der Waals surface area (Å²) in [4.78, 5) is 11.4. The molecule has 0 fully saturated rings. The largest absolute Gasteiger partial charge is 0.348 e. The Morgan fingerprint density at radius 1 is 1.47 bits per heavy atom. The fraction of sp³-hybridized carbons (Fsp3) is 0.357. The van der Waals surface area contributed by atoms with Gasteiger partial charge in [0, 0.05) is 18.7 Å². The average molecular weight is 232 g/mol. The zero-order chi connectivity index (χ0) is 12.8. The van der Waals surface area contributed by atoms with Crippen molar-refractivity contribution in [2.75, 3.05) is 0 Å². The van der Waals surface area contributed by atoms with E-state index >= 15 is 0 Å². The van der Waals surface area contributed by atoms with Crippen LogP contribution in [-0.2, 0) is 11.3 Å². The highest BCUT2D eigenvalue weighted by atomic mass is 16.1. The third-order valence-electron chi connectivity index (χ3n) is 2.36. The third kappa shape index (κ3) is 4.83. The minimum absolute atomic E-state index is 0.0171. The lowest BCUT2D eigenvalue weighted by molar-refractivity contribution is -0.116. The number of allylic oxidation sites excluding steroid dienone is 1. The van der Waals surface area contributed by atoms with Gasteiger partial charge in [-0.2, -0.15) is 0 Å². The van der Waals surface area contributed by atoms with E-state index in [1.807, 2.05) is 45.0 Å². The van der Waals surface area contributed by atoms with E-state index in [1.54, 1.807) is 6.08 Å². The summed E-state index contributed by atoms with van der Waals surface area (Å²) in [5, 5.41) is 2.84. The van der Waals surface area contributed by atoms with Crippen LogP contribution in [0.25, 0.3) is 0 Å². The first-order valence-electron chi connectivity index (χ1n) is 5.76. The fourth-order valence-electron chi connectivity index (χ4n) is 1.49. The van der Waals surface area contributed by atoms with Crippen LogP contribution in [0.4, 0.5) is 0 Å². The molecule has 92 valence electrons. The minimum atomic E-state index is -0.0591. The summed E-state index contributed by atoms with van der Waals surface area (Å²) in [5.74, 6) is -0.0591. The van der Waals surface area contributed by atoms with Gasteiger partial charge in [0.05, 0.1) is 0 Å². The van der Waals surface area contributed by atoms with E-state index < -0.39 is 0 Å². The lowest BCUT2D eigenvalue weighted by Gasteiger charge is -2.08. The smallest absolute Gasteiger partial charge is 0.244 e. The van der Waals surface area contributed by atoms with E-state index in [-0.39, 0.29) is 11.9 Å². The van der Waals surface area contributed by atoms with Crippen LogP contribution >= 0.6 is 0 Å². The Labute approximate surface area is 103 Å². The quantitative estimate of drug-likeness (QED) is 0.782. The van der Waals surface area contributed by atoms with E-state index in [0.29, 0.717) is 6.54 Å². The first-order valence-corrected chi connectivity index (χ1v) is 5.76. The summed E-state index contributed by atoms with van der Waals surface area (Å²) in [6.45, 7) is 6.27. The Kier molecular flexibility index (Phi) is 4.91. The molecule has 0 aliphatic heterocycles. The van der Waals surface area contributed by atoms with Crippen molar-refractivity contribution in [2.45, 2.75) is 33.4 Å². The number of nitrogens with one attached hydrogen (secondary N) is 1. The van der Waals surface area contributed by atoms with Gasteiger partial charge in [0.15, 0.2) is 0 Å². The van der Waals surface area contributed by atoms with Gasteiger partial charge >= 0.3 is 0 Å². The van der Waals surface area contributed by atoms with E-state index in [4.69, 9.17) is 5.73 Å². The first-order chi connectivity index (χ1) is 7.99. The monoisotopic (exact) mass is 232 g/mol. The molecule has 1 atom stereocenters. The third-order valence-corrected chi connectivity index (χ3v) is 2.36. The number of hydrogen-bond donors (Lipinski definition) is 2. The highest BCUT2D eigenvalue weighted by molar-refractivity contribution is 5.87. The van der Waals surface area contributed by atoms with Crippen LogP contribution in [0.1, 0.15) is 37.9 Å². The SMILES string of the molecule is CC(C)=CC(=O)NCc1cccc(C(C)N)c1. The maximum absolute atomic E-state index is 11.4. The summed E-state index contributed by atoms with van der Waals surface area (Å²) in [6, 6.07) is 7.97. The van der Waals surface area contributed by atoms with Gasteiger partial charge in [0.1, 0.15) is 0 Å². The van der Waals surface area contributed by atoms with Crippen molar-refractivity contribution in [1.29, 1.82) is 0 Å². The van der Waals surface area contributed by atoms with Gasteiger partial charge in [-0.05, 0) is 31.9 Å². The number of hydrogen-bond acceptors (Lipinski definition) is 2. The Balaban J connectivity index is 2.61. The number of rotatable bonds is 4. The van der Waals surface area contributed by atoms with Gasteiger partial charge in [0.25, 0.3) is 0 Å². The fourth-order valence-corrected chi connectivity index (χ4v) is 1.49. The molecule has 0 aliphatic rings. The minimum Gasteiger partial charge on any atom is -0.348 e. The van der Waals surface area contributed by atoms with E-state index in [2.05, 4.69) is 5.32 Å². The molecular formula is C14H20N2O. The average Bonchev–Trinajstić information content (AvgIpc) is 2.26. The van der Waals surface area contributed by atoms with Crippen LogP contribution in [0.3, 0.4) is 0 Å². The summed E-state index contributed by atoms with van der Waals surface area (Å²) in [7, 11) is 0. The van der Waals surface area contributed by atoms with Crippen molar-refractivity contribution in [3.8, 4) is 0 Å². The van der Waals surface area contributed by atoms with Gasteiger partial charge < -0.3 is 11.1 Å². The predicted octanol–water partition coefficient (Wildman–Crippen LogP) is 2.29. The zero-order valence-corrected chi connectivity index (χ0v) is 10.7. The molecule has 0 bridgehead atoms. The Hall–Kier alpha value is -1.61. The molecule has 0 saturated heterocycles. The molecule has 3 N–H and O–H groups in total. The Morgan fingerprint density at radius 3 is 2.76 bits per heavy atom. The lowest BCUT2D eigenvalue weighted by Crippen LogP contribution is -2.20. The van der Waals surface area contributed by atoms with Crippen LogP contribution < -0.4 is 11.1 Å². The van der Waals surface area contributed by atoms with Crippen LogP contribution in [0.5, 0.6) is 0 Å². The summed E-state index contributed by atoms with van der Waals surface area (Å²) >= 11 is 0. The van der Waals surface area contributed by atoms with Crippen LogP contribution in [0.2, 0.25) is 0 Å². The lowest BCUT2D eigenvalue weighted by atomic mass is 10.1. The van der Waals surface area contributed by atoms with Crippen molar-refractivity contribution < 1.29 is 4.79 Å². The number of benzene rings is 1. The standard InChI is InChI=1S/C14H20N2O/c1-10(2)7-14(17)16-9-12-5-4-6-13(8-12)11(3)15/h4-8,11H,9,15H2,1-3H3,(H,16,17). The predicted molar refractivity (Wildman–Crippen MR) is 70.3 cm³/mol. The zero-order valence-electron chi connectivity index (χ0n) is 10.7. The molecule has 3 nitrogen and oxygen atoms in total. The second-order valence-electron chi connectivity index (χ2n) is 4.47. The van der Waals surface area contributed by atoms with Crippen LogP contribution in [-0.4, -0.2) is 5.91 Å². The molecule has 0 aromatic heterocycles. The second kappa shape index (κ2) is 6.21. The van der Waals surface area contributed by atoms with E-state index in [1.165, 1.54) is 0 Å². The molecule has 1 aromatic rings. The summed E-state index contributed by atoms with van der Waals surface area (Å²) in [6.07, 6.45) is 1.59. The summed E-state index contributed by atoms with van der Waals surface area (Å²) in [5.41, 5.74) is 8.95. The van der Waals surface area contributed by atoms with Gasteiger partial charge in [-0.15, -0.1) is 0 Å². The van der Waals surface area contributed by atoms with Gasteiger partial charge in [-0.25, -0.2) is 0 Å². The molecule has 1 aromatic carbocycles. The molecule has 0 aliphatic carbocycles. The van der Waals surface area contributed by atoms with Crippen LogP contribution in [0, 0.1) is 0 Å². The second-order valence-corrected chi connectivity index (χ2v) is 4.47. The number of amides is 1. The molecule has 3 heteroatoms. The Morgan fingerprint density at radius 2 is 2.18 bits per heavy atom. The molecule has 0 saturated carbocycles. The Bertz CT molecular complexity index is 418. The number of carbonyl (C=O) groups excluding carboxylic acids is 1. The maximum Gasteiger partial charge on any atom is 0.244 e. The normalized spacial score (nSPS) is 11.8.